The number of phenols is 1. The van der Waals surface area contributed by atoms with Crippen molar-refractivity contribution in [3.8, 4) is 5.75 Å². The summed E-state index contributed by atoms with van der Waals surface area (Å²) < 4.78 is 0.833. The van der Waals surface area contributed by atoms with E-state index in [-0.39, 0.29) is 0 Å². The standard InChI is InChI=1S/C8H8BrNO/c9-8-5-3-4-10-6(5)1-2-7(8)11/h1-2,10-11H,3-4H2. The number of benzene rings is 1. The summed E-state index contributed by atoms with van der Waals surface area (Å²) in [5.41, 5.74) is 2.32. The smallest absolute Gasteiger partial charge is 0.130 e. The van der Waals surface area contributed by atoms with E-state index in [9.17, 15) is 5.11 Å². The first-order valence-corrected chi connectivity index (χ1v) is 4.32. The van der Waals surface area contributed by atoms with Gasteiger partial charge in [-0.25, -0.2) is 0 Å². The van der Waals surface area contributed by atoms with E-state index in [0.717, 1.165) is 23.1 Å². The van der Waals surface area contributed by atoms with Crippen LogP contribution in [0.25, 0.3) is 0 Å². The Morgan fingerprint density at radius 1 is 1.45 bits per heavy atom. The van der Waals surface area contributed by atoms with Crippen molar-refractivity contribution in [1.29, 1.82) is 0 Å². The molecule has 1 aliphatic rings. The summed E-state index contributed by atoms with van der Waals surface area (Å²) >= 11 is 3.34. The molecule has 0 atom stereocenters. The number of anilines is 1. The van der Waals surface area contributed by atoms with Crippen molar-refractivity contribution >= 4 is 21.6 Å². The molecule has 0 aliphatic carbocycles. The van der Waals surface area contributed by atoms with E-state index in [0.29, 0.717) is 5.75 Å². The Balaban J connectivity index is 2.62. The lowest BCUT2D eigenvalue weighted by atomic mass is 10.1. The monoisotopic (exact) mass is 213 g/mol. The Morgan fingerprint density at radius 2 is 2.27 bits per heavy atom. The predicted molar refractivity (Wildman–Crippen MR) is 48.0 cm³/mol. The average molecular weight is 214 g/mol. The molecule has 2 nitrogen and oxygen atoms in total. The molecule has 0 radical (unpaired) electrons. The van der Waals surface area contributed by atoms with Crippen LogP contribution in [-0.2, 0) is 6.42 Å². The minimum atomic E-state index is 0.326. The maximum Gasteiger partial charge on any atom is 0.130 e. The minimum Gasteiger partial charge on any atom is -0.507 e. The van der Waals surface area contributed by atoms with E-state index in [2.05, 4.69) is 21.2 Å². The van der Waals surface area contributed by atoms with Gasteiger partial charge in [0.15, 0.2) is 0 Å². The van der Waals surface area contributed by atoms with Gasteiger partial charge in [0.25, 0.3) is 0 Å². The first-order chi connectivity index (χ1) is 5.29. The fraction of sp³-hybridized carbons (Fsp3) is 0.250. The molecule has 11 heavy (non-hydrogen) atoms. The molecule has 0 saturated heterocycles. The Kier molecular flexibility index (Phi) is 1.53. The first kappa shape index (κ1) is 6.98. The lowest BCUT2D eigenvalue weighted by Gasteiger charge is -2.02. The second-order valence-electron chi connectivity index (χ2n) is 2.60. The Labute approximate surface area is 73.4 Å². The Hall–Kier alpha value is -0.700. The normalized spacial score (nSPS) is 14.3. The van der Waals surface area contributed by atoms with Crippen LogP contribution >= 0.6 is 15.9 Å². The number of hydrogen-bond donors (Lipinski definition) is 2. The highest BCUT2D eigenvalue weighted by atomic mass is 79.9. The van der Waals surface area contributed by atoms with Crippen molar-refractivity contribution in [3.05, 3.63) is 22.2 Å². The topological polar surface area (TPSA) is 32.3 Å². The molecule has 0 saturated carbocycles. The molecule has 1 aromatic carbocycles. The highest BCUT2D eigenvalue weighted by molar-refractivity contribution is 9.10. The summed E-state index contributed by atoms with van der Waals surface area (Å²) in [5, 5.41) is 12.5. The second kappa shape index (κ2) is 2.41. The zero-order valence-corrected chi connectivity index (χ0v) is 7.48. The molecule has 1 aromatic rings. The summed E-state index contributed by atoms with van der Waals surface area (Å²) in [6.07, 6.45) is 0.990. The van der Waals surface area contributed by atoms with E-state index in [1.165, 1.54) is 5.56 Å². The number of hydrogen-bond acceptors (Lipinski definition) is 2. The van der Waals surface area contributed by atoms with Gasteiger partial charge < -0.3 is 10.4 Å². The van der Waals surface area contributed by atoms with Gasteiger partial charge in [0.05, 0.1) is 4.47 Å². The Morgan fingerprint density at radius 3 is 3.09 bits per heavy atom. The Bertz CT molecular complexity index is 298. The molecule has 0 aromatic heterocycles. The van der Waals surface area contributed by atoms with Crippen molar-refractivity contribution in [2.75, 3.05) is 11.9 Å². The van der Waals surface area contributed by atoms with E-state index >= 15 is 0 Å². The molecule has 58 valence electrons. The van der Waals surface area contributed by atoms with Gasteiger partial charge in [0.2, 0.25) is 0 Å². The van der Waals surface area contributed by atoms with Crippen LogP contribution in [0.4, 0.5) is 5.69 Å². The third-order valence-electron chi connectivity index (χ3n) is 1.91. The number of fused-ring (bicyclic) bond motifs is 1. The predicted octanol–water partition coefficient (Wildman–Crippen LogP) is 2.12. The summed E-state index contributed by atoms with van der Waals surface area (Å²) in [4.78, 5) is 0. The number of aromatic hydroxyl groups is 1. The number of halogens is 1. The van der Waals surface area contributed by atoms with Crippen LogP contribution < -0.4 is 5.32 Å². The average Bonchev–Trinajstić information content (AvgIpc) is 2.45. The number of rotatable bonds is 0. The molecule has 0 bridgehead atoms. The van der Waals surface area contributed by atoms with Crippen molar-refractivity contribution in [2.24, 2.45) is 0 Å². The molecule has 0 fully saturated rings. The lowest BCUT2D eigenvalue weighted by molar-refractivity contribution is 0.471. The van der Waals surface area contributed by atoms with Crippen molar-refractivity contribution < 1.29 is 5.11 Å². The molecule has 3 heteroatoms. The van der Waals surface area contributed by atoms with Gasteiger partial charge in [-0.05, 0) is 40.0 Å². The summed E-state index contributed by atoms with van der Waals surface area (Å²) in [7, 11) is 0. The van der Waals surface area contributed by atoms with Crippen LogP contribution in [0, 0.1) is 0 Å². The molecule has 1 aliphatic heterocycles. The van der Waals surface area contributed by atoms with Crippen LogP contribution in [0.1, 0.15) is 5.56 Å². The zero-order chi connectivity index (χ0) is 7.84. The zero-order valence-electron chi connectivity index (χ0n) is 5.89. The number of nitrogens with one attached hydrogen (secondary N) is 1. The van der Waals surface area contributed by atoms with Crippen LogP contribution in [0.5, 0.6) is 5.75 Å². The van der Waals surface area contributed by atoms with E-state index in [4.69, 9.17) is 0 Å². The quantitative estimate of drug-likeness (QED) is 0.648. The number of phenolic OH excluding ortho intramolecular Hbond substituents is 1. The van der Waals surface area contributed by atoms with E-state index in [1.54, 1.807) is 6.07 Å². The molecule has 0 spiro atoms. The first-order valence-electron chi connectivity index (χ1n) is 3.53. The van der Waals surface area contributed by atoms with Gasteiger partial charge in [-0.3, -0.25) is 0 Å². The molecular formula is C8H8BrNO. The van der Waals surface area contributed by atoms with Crippen molar-refractivity contribution in [1.82, 2.24) is 0 Å². The van der Waals surface area contributed by atoms with Crippen LogP contribution in [0.15, 0.2) is 16.6 Å². The lowest BCUT2D eigenvalue weighted by Crippen LogP contribution is -1.90. The van der Waals surface area contributed by atoms with Gasteiger partial charge in [-0.15, -0.1) is 0 Å². The van der Waals surface area contributed by atoms with Crippen molar-refractivity contribution in [2.45, 2.75) is 6.42 Å². The fourth-order valence-electron chi connectivity index (χ4n) is 1.34. The summed E-state index contributed by atoms with van der Waals surface area (Å²) in [6.45, 7) is 0.970. The molecule has 0 unspecified atom stereocenters. The highest BCUT2D eigenvalue weighted by Crippen LogP contribution is 2.35. The van der Waals surface area contributed by atoms with Crippen LogP contribution in [-0.4, -0.2) is 11.7 Å². The molecule has 2 rings (SSSR count). The largest absolute Gasteiger partial charge is 0.507 e. The maximum absolute atomic E-state index is 9.31. The maximum atomic E-state index is 9.31. The van der Waals surface area contributed by atoms with Gasteiger partial charge >= 0.3 is 0 Å². The van der Waals surface area contributed by atoms with Gasteiger partial charge in [-0.1, -0.05) is 0 Å². The molecular weight excluding hydrogens is 206 g/mol. The SMILES string of the molecule is Oc1ccc2c(c1Br)CCN2. The second-order valence-corrected chi connectivity index (χ2v) is 3.39. The fourth-order valence-corrected chi connectivity index (χ4v) is 1.89. The van der Waals surface area contributed by atoms with E-state index < -0.39 is 0 Å². The minimum absolute atomic E-state index is 0.326. The summed E-state index contributed by atoms with van der Waals surface area (Å²) in [6, 6.07) is 3.60. The highest BCUT2D eigenvalue weighted by Gasteiger charge is 2.14. The molecule has 0 amide bonds. The van der Waals surface area contributed by atoms with E-state index in [1.807, 2.05) is 6.07 Å². The van der Waals surface area contributed by atoms with Gasteiger partial charge in [-0.2, -0.15) is 0 Å². The van der Waals surface area contributed by atoms with Crippen LogP contribution in [0.2, 0.25) is 0 Å². The van der Waals surface area contributed by atoms with Gasteiger partial charge in [0.1, 0.15) is 5.75 Å². The van der Waals surface area contributed by atoms with Crippen LogP contribution in [0.3, 0.4) is 0 Å². The third-order valence-corrected chi connectivity index (χ3v) is 2.80. The van der Waals surface area contributed by atoms with Gasteiger partial charge in [0, 0.05) is 12.2 Å². The third kappa shape index (κ3) is 0.997. The van der Waals surface area contributed by atoms with Crippen molar-refractivity contribution in [3.63, 3.8) is 0 Å². The molecule has 1 heterocycles. The summed E-state index contributed by atoms with van der Waals surface area (Å²) in [5.74, 6) is 0.326. The molecule has 2 N–H and O–H groups in total.